The number of hydrogen-bond acceptors (Lipinski definition) is 6. The molecule has 0 fully saturated rings. The van der Waals surface area contributed by atoms with Crippen molar-refractivity contribution in [1.82, 2.24) is 0 Å². The van der Waals surface area contributed by atoms with E-state index in [2.05, 4.69) is 4.99 Å². The largest absolute Gasteiger partial charge is 0.508 e. The van der Waals surface area contributed by atoms with Gasteiger partial charge in [0.05, 0.1) is 5.69 Å². The number of aliphatic imine (C=N–C) groups is 1. The molecule has 130 valence electrons. The molecule has 3 N–H and O–H groups in total. The van der Waals surface area contributed by atoms with Crippen molar-refractivity contribution in [2.45, 2.75) is 0 Å². The molecule has 0 radical (unpaired) electrons. The predicted molar refractivity (Wildman–Crippen MR) is 96.5 cm³/mol. The Bertz CT molecular complexity index is 967. The molecule has 0 heterocycles. The summed E-state index contributed by atoms with van der Waals surface area (Å²) in [6.45, 7) is 0. The van der Waals surface area contributed by atoms with Gasteiger partial charge in [0.15, 0.2) is 0 Å². The number of esters is 1. The molecule has 0 saturated heterocycles. The third kappa shape index (κ3) is 3.99. The van der Waals surface area contributed by atoms with E-state index < -0.39 is 5.97 Å². The molecule has 0 atom stereocenters. The molecule has 3 aromatic rings. The summed E-state index contributed by atoms with van der Waals surface area (Å²) in [5.74, 6) is -0.650. The van der Waals surface area contributed by atoms with Crippen LogP contribution in [0.25, 0.3) is 0 Å². The van der Waals surface area contributed by atoms with Crippen LogP contribution in [0.2, 0.25) is 0 Å². The fourth-order valence-electron chi connectivity index (χ4n) is 2.21. The van der Waals surface area contributed by atoms with Crippen LogP contribution in [-0.4, -0.2) is 27.5 Å². The lowest BCUT2D eigenvalue weighted by atomic mass is 10.1. The van der Waals surface area contributed by atoms with E-state index in [1.54, 1.807) is 30.3 Å². The van der Waals surface area contributed by atoms with E-state index >= 15 is 0 Å². The van der Waals surface area contributed by atoms with Gasteiger partial charge in [-0.1, -0.05) is 18.2 Å². The smallest absolute Gasteiger partial charge is 0.347 e. The van der Waals surface area contributed by atoms with Crippen molar-refractivity contribution in [2.24, 2.45) is 4.99 Å². The highest BCUT2D eigenvalue weighted by atomic mass is 16.5. The highest BCUT2D eigenvalue weighted by molar-refractivity contribution is 5.95. The number of phenols is 3. The Morgan fingerprint density at radius 2 is 1.62 bits per heavy atom. The lowest BCUT2D eigenvalue weighted by Crippen LogP contribution is -2.08. The third-order valence-corrected chi connectivity index (χ3v) is 3.52. The lowest BCUT2D eigenvalue weighted by Gasteiger charge is -2.06. The summed E-state index contributed by atoms with van der Waals surface area (Å²) in [4.78, 5) is 16.4. The Morgan fingerprint density at radius 1 is 0.885 bits per heavy atom. The summed E-state index contributed by atoms with van der Waals surface area (Å²) in [6, 6.07) is 16.8. The Kier molecular flexibility index (Phi) is 4.85. The number of ether oxygens (including phenoxy) is 1. The van der Waals surface area contributed by atoms with Gasteiger partial charge in [-0.3, -0.25) is 4.99 Å². The first-order valence-electron chi connectivity index (χ1n) is 7.69. The maximum Gasteiger partial charge on any atom is 0.347 e. The van der Waals surface area contributed by atoms with E-state index in [1.165, 1.54) is 42.6 Å². The first kappa shape index (κ1) is 17.0. The number of hydrogen-bond donors (Lipinski definition) is 3. The molecule has 6 nitrogen and oxygen atoms in total. The highest BCUT2D eigenvalue weighted by Crippen LogP contribution is 2.26. The van der Waals surface area contributed by atoms with Gasteiger partial charge < -0.3 is 20.1 Å². The number of carbonyl (C=O) groups excluding carboxylic acids is 1. The Morgan fingerprint density at radius 3 is 2.38 bits per heavy atom. The average molecular weight is 349 g/mol. The number of aromatic hydroxyl groups is 3. The average Bonchev–Trinajstić information content (AvgIpc) is 2.64. The first-order valence-corrected chi connectivity index (χ1v) is 7.69. The molecule has 0 spiro atoms. The fraction of sp³-hybridized carbons (Fsp3) is 0. The number of nitrogens with zero attached hydrogens (tertiary/aromatic N) is 1. The number of para-hydroxylation sites is 1. The van der Waals surface area contributed by atoms with Gasteiger partial charge in [0.1, 0.15) is 28.6 Å². The quantitative estimate of drug-likeness (QED) is 0.288. The van der Waals surface area contributed by atoms with Crippen molar-refractivity contribution in [2.75, 3.05) is 0 Å². The van der Waals surface area contributed by atoms with Crippen molar-refractivity contribution in [3.8, 4) is 23.0 Å². The molecular formula is C20H15NO5. The molecule has 0 aliphatic rings. The monoisotopic (exact) mass is 349 g/mol. The second-order valence-corrected chi connectivity index (χ2v) is 5.41. The molecule has 3 rings (SSSR count). The van der Waals surface area contributed by atoms with Gasteiger partial charge in [-0.2, -0.15) is 0 Å². The standard InChI is InChI=1S/C20H15NO5/c22-15-7-9-18(23)13(10-15)12-21-14-6-8-19(24)17(11-14)20(25)26-16-4-2-1-3-5-16/h1-12,22-24H. The van der Waals surface area contributed by atoms with Crippen LogP contribution >= 0.6 is 0 Å². The van der Waals surface area contributed by atoms with Gasteiger partial charge in [-0.05, 0) is 48.5 Å². The molecule has 0 aliphatic heterocycles. The maximum absolute atomic E-state index is 12.3. The van der Waals surface area contributed by atoms with Crippen LogP contribution in [0.15, 0.2) is 71.7 Å². The normalized spacial score (nSPS) is 10.8. The van der Waals surface area contributed by atoms with E-state index in [1.807, 2.05) is 0 Å². The molecule has 0 aromatic heterocycles. The molecule has 6 heteroatoms. The van der Waals surface area contributed by atoms with Crippen LogP contribution in [0.1, 0.15) is 15.9 Å². The van der Waals surface area contributed by atoms with Gasteiger partial charge in [-0.25, -0.2) is 4.79 Å². The first-order chi connectivity index (χ1) is 12.5. The van der Waals surface area contributed by atoms with Crippen LogP contribution in [-0.2, 0) is 0 Å². The summed E-state index contributed by atoms with van der Waals surface area (Å²) in [5, 5.41) is 29.1. The van der Waals surface area contributed by atoms with Crippen LogP contribution < -0.4 is 4.74 Å². The zero-order chi connectivity index (χ0) is 18.5. The van der Waals surface area contributed by atoms with Gasteiger partial charge in [0.2, 0.25) is 0 Å². The molecule has 0 bridgehead atoms. The van der Waals surface area contributed by atoms with Crippen LogP contribution in [0, 0.1) is 0 Å². The Hall–Kier alpha value is -3.80. The number of rotatable bonds is 4. The topological polar surface area (TPSA) is 99.4 Å². The summed E-state index contributed by atoms with van der Waals surface area (Å²) < 4.78 is 5.21. The van der Waals surface area contributed by atoms with E-state index in [0.29, 0.717) is 17.0 Å². The zero-order valence-corrected chi connectivity index (χ0v) is 13.5. The number of carbonyl (C=O) groups is 1. The minimum Gasteiger partial charge on any atom is -0.508 e. The number of benzene rings is 3. The molecule has 26 heavy (non-hydrogen) atoms. The minimum atomic E-state index is -0.717. The SMILES string of the molecule is O=C(Oc1ccccc1)c1cc(N=Cc2cc(O)ccc2O)ccc1O. The second-order valence-electron chi connectivity index (χ2n) is 5.41. The lowest BCUT2D eigenvalue weighted by molar-refractivity contribution is 0.0731. The Labute approximate surface area is 149 Å². The molecule has 3 aromatic carbocycles. The van der Waals surface area contributed by atoms with E-state index in [4.69, 9.17) is 4.74 Å². The van der Waals surface area contributed by atoms with E-state index in [-0.39, 0.29) is 22.8 Å². The van der Waals surface area contributed by atoms with Gasteiger partial charge in [0.25, 0.3) is 0 Å². The molecule has 0 unspecified atom stereocenters. The minimum absolute atomic E-state index is 0.0120. The predicted octanol–water partition coefficient (Wildman–Crippen LogP) is 3.77. The highest BCUT2D eigenvalue weighted by Gasteiger charge is 2.14. The van der Waals surface area contributed by atoms with Gasteiger partial charge >= 0.3 is 5.97 Å². The van der Waals surface area contributed by atoms with Gasteiger partial charge in [-0.15, -0.1) is 0 Å². The maximum atomic E-state index is 12.3. The van der Waals surface area contributed by atoms with Crippen molar-refractivity contribution >= 4 is 17.9 Å². The van der Waals surface area contributed by atoms with Crippen molar-refractivity contribution in [3.63, 3.8) is 0 Å². The summed E-state index contributed by atoms with van der Waals surface area (Å²) in [6.07, 6.45) is 1.34. The van der Waals surface area contributed by atoms with Crippen molar-refractivity contribution in [1.29, 1.82) is 0 Å². The van der Waals surface area contributed by atoms with Gasteiger partial charge in [0, 0.05) is 11.8 Å². The fourth-order valence-corrected chi connectivity index (χ4v) is 2.21. The summed E-state index contributed by atoms with van der Waals surface area (Å²) >= 11 is 0. The molecule has 0 amide bonds. The summed E-state index contributed by atoms with van der Waals surface area (Å²) in [7, 11) is 0. The molecular weight excluding hydrogens is 334 g/mol. The second kappa shape index (κ2) is 7.40. The van der Waals surface area contributed by atoms with E-state index in [0.717, 1.165) is 0 Å². The molecule has 0 saturated carbocycles. The Balaban J connectivity index is 1.84. The number of phenolic OH excluding ortho intramolecular Hbond substituents is 3. The zero-order valence-electron chi connectivity index (χ0n) is 13.5. The summed E-state index contributed by atoms with van der Waals surface area (Å²) in [5.41, 5.74) is 0.640. The third-order valence-electron chi connectivity index (χ3n) is 3.52. The van der Waals surface area contributed by atoms with Crippen LogP contribution in [0.5, 0.6) is 23.0 Å². The van der Waals surface area contributed by atoms with E-state index in [9.17, 15) is 20.1 Å². The molecule has 0 aliphatic carbocycles. The van der Waals surface area contributed by atoms with Crippen molar-refractivity contribution < 1.29 is 24.9 Å². The van der Waals surface area contributed by atoms with Crippen LogP contribution in [0.3, 0.4) is 0 Å². The van der Waals surface area contributed by atoms with Crippen LogP contribution in [0.4, 0.5) is 5.69 Å². The van der Waals surface area contributed by atoms with Crippen molar-refractivity contribution in [3.05, 3.63) is 77.9 Å².